The van der Waals surface area contributed by atoms with Crippen LogP contribution in [0.2, 0.25) is 0 Å². The molecule has 0 bridgehead atoms. The fourth-order valence-corrected chi connectivity index (χ4v) is 2.65. The van der Waals surface area contributed by atoms with Crippen LogP contribution in [-0.4, -0.2) is 42.2 Å². The number of nitrogens with one attached hydrogen (secondary N) is 1. The first kappa shape index (κ1) is 15.3. The predicted molar refractivity (Wildman–Crippen MR) is 82.9 cm³/mol. The van der Waals surface area contributed by atoms with Gasteiger partial charge in [0, 0.05) is 26.2 Å². The van der Waals surface area contributed by atoms with E-state index in [1.165, 1.54) is 12.8 Å². The first-order valence-corrected chi connectivity index (χ1v) is 7.85. The SMILES string of the molecule is CCCOC1CCCN(Cc2cccc(NCC)n2)C1. The van der Waals surface area contributed by atoms with Crippen molar-refractivity contribution in [1.29, 1.82) is 0 Å². The summed E-state index contributed by atoms with van der Waals surface area (Å²) in [5, 5.41) is 3.27. The zero-order chi connectivity index (χ0) is 14.2. The zero-order valence-electron chi connectivity index (χ0n) is 12.8. The van der Waals surface area contributed by atoms with Crippen LogP contribution in [0.4, 0.5) is 5.82 Å². The molecule has 0 spiro atoms. The number of aromatic nitrogens is 1. The number of pyridine rings is 1. The van der Waals surface area contributed by atoms with Crippen LogP contribution in [-0.2, 0) is 11.3 Å². The quantitative estimate of drug-likeness (QED) is 0.831. The lowest BCUT2D eigenvalue weighted by Crippen LogP contribution is -2.39. The number of ether oxygens (including phenoxy) is 1. The van der Waals surface area contributed by atoms with Gasteiger partial charge < -0.3 is 10.1 Å². The van der Waals surface area contributed by atoms with Crippen LogP contribution in [0, 0.1) is 0 Å². The van der Waals surface area contributed by atoms with E-state index < -0.39 is 0 Å². The molecule has 1 aliphatic rings. The number of rotatable bonds is 7. The van der Waals surface area contributed by atoms with Crippen molar-refractivity contribution in [2.75, 3.05) is 31.6 Å². The first-order chi connectivity index (χ1) is 9.81. The van der Waals surface area contributed by atoms with E-state index in [4.69, 9.17) is 4.74 Å². The molecule has 4 nitrogen and oxygen atoms in total. The molecule has 1 saturated heterocycles. The first-order valence-electron chi connectivity index (χ1n) is 7.85. The lowest BCUT2D eigenvalue weighted by atomic mass is 10.1. The van der Waals surface area contributed by atoms with E-state index in [0.29, 0.717) is 6.10 Å². The molecule has 1 unspecified atom stereocenters. The van der Waals surface area contributed by atoms with Crippen molar-refractivity contribution < 1.29 is 4.74 Å². The molecule has 1 atom stereocenters. The maximum absolute atomic E-state index is 5.89. The second-order valence-corrected chi connectivity index (χ2v) is 5.41. The fraction of sp³-hybridized carbons (Fsp3) is 0.688. The van der Waals surface area contributed by atoms with E-state index in [1.807, 2.05) is 6.07 Å². The van der Waals surface area contributed by atoms with Crippen LogP contribution in [0.15, 0.2) is 18.2 Å². The molecule has 1 N–H and O–H groups in total. The Hall–Kier alpha value is -1.13. The Morgan fingerprint density at radius 2 is 2.30 bits per heavy atom. The lowest BCUT2D eigenvalue weighted by molar-refractivity contribution is -0.00251. The molecule has 1 aromatic rings. The molecular formula is C16H27N3O. The van der Waals surface area contributed by atoms with Gasteiger partial charge in [-0.15, -0.1) is 0 Å². The van der Waals surface area contributed by atoms with Crippen molar-refractivity contribution >= 4 is 5.82 Å². The fourth-order valence-electron chi connectivity index (χ4n) is 2.65. The predicted octanol–water partition coefficient (Wildman–Crippen LogP) is 2.90. The minimum atomic E-state index is 0.403. The average molecular weight is 277 g/mol. The summed E-state index contributed by atoms with van der Waals surface area (Å²) in [4.78, 5) is 7.11. The summed E-state index contributed by atoms with van der Waals surface area (Å²) < 4.78 is 5.89. The molecule has 20 heavy (non-hydrogen) atoms. The number of nitrogens with zero attached hydrogens (tertiary/aromatic N) is 2. The highest BCUT2D eigenvalue weighted by atomic mass is 16.5. The highest BCUT2D eigenvalue weighted by molar-refractivity contribution is 5.34. The van der Waals surface area contributed by atoms with Crippen LogP contribution >= 0.6 is 0 Å². The lowest BCUT2D eigenvalue weighted by Gasteiger charge is -2.32. The smallest absolute Gasteiger partial charge is 0.126 e. The van der Waals surface area contributed by atoms with Crippen LogP contribution in [0.5, 0.6) is 0 Å². The van der Waals surface area contributed by atoms with Gasteiger partial charge in [-0.2, -0.15) is 0 Å². The van der Waals surface area contributed by atoms with Gasteiger partial charge in [0.2, 0.25) is 0 Å². The molecule has 0 saturated carbocycles. The van der Waals surface area contributed by atoms with Crippen LogP contribution in [0.25, 0.3) is 0 Å². The summed E-state index contributed by atoms with van der Waals surface area (Å²) in [7, 11) is 0. The maximum atomic E-state index is 5.89. The van der Waals surface area contributed by atoms with Gasteiger partial charge in [-0.1, -0.05) is 13.0 Å². The molecule has 1 aromatic heterocycles. The number of hydrogen-bond acceptors (Lipinski definition) is 4. The Bertz CT molecular complexity index is 397. The van der Waals surface area contributed by atoms with Gasteiger partial charge >= 0.3 is 0 Å². The van der Waals surface area contributed by atoms with E-state index in [1.54, 1.807) is 0 Å². The normalized spacial score (nSPS) is 20.0. The molecule has 112 valence electrons. The van der Waals surface area contributed by atoms with Crippen molar-refractivity contribution in [3.8, 4) is 0 Å². The highest BCUT2D eigenvalue weighted by Crippen LogP contribution is 2.16. The van der Waals surface area contributed by atoms with E-state index in [2.05, 4.69) is 41.2 Å². The number of likely N-dealkylation sites (tertiary alicyclic amines) is 1. The Kier molecular flexibility index (Phi) is 6.27. The topological polar surface area (TPSA) is 37.4 Å². The number of piperidine rings is 1. The molecule has 1 aliphatic heterocycles. The molecule has 1 fully saturated rings. The molecular weight excluding hydrogens is 250 g/mol. The number of hydrogen-bond donors (Lipinski definition) is 1. The van der Waals surface area contributed by atoms with Gasteiger partial charge in [-0.05, 0) is 44.9 Å². The van der Waals surface area contributed by atoms with E-state index in [0.717, 1.165) is 50.7 Å². The van der Waals surface area contributed by atoms with Crippen molar-refractivity contribution in [2.45, 2.75) is 45.8 Å². The van der Waals surface area contributed by atoms with E-state index in [9.17, 15) is 0 Å². The van der Waals surface area contributed by atoms with Crippen molar-refractivity contribution in [1.82, 2.24) is 9.88 Å². The van der Waals surface area contributed by atoms with Crippen molar-refractivity contribution in [3.05, 3.63) is 23.9 Å². The molecule has 0 amide bonds. The Balaban J connectivity index is 1.87. The third-order valence-corrected chi connectivity index (χ3v) is 3.57. The van der Waals surface area contributed by atoms with Crippen molar-refractivity contribution in [2.24, 2.45) is 0 Å². The summed E-state index contributed by atoms with van der Waals surface area (Å²) >= 11 is 0. The van der Waals surface area contributed by atoms with E-state index in [-0.39, 0.29) is 0 Å². The monoisotopic (exact) mass is 277 g/mol. The third kappa shape index (κ3) is 4.76. The van der Waals surface area contributed by atoms with Gasteiger partial charge in [0.25, 0.3) is 0 Å². The van der Waals surface area contributed by atoms with E-state index >= 15 is 0 Å². The molecule has 2 rings (SSSR count). The molecule has 0 radical (unpaired) electrons. The second kappa shape index (κ2) is 8.22. The van der Waals surface area contributed by atoms with Gasteiger partial charge in [0.05, 0.1) is 11.8 Å². The third-order valence-electron chi connectivity index (χ3n) is 3.57. The number of anilines is 1. The summed E-state index contributed by atoms with van der Waals surface area (Å²) in [6.07, 6.45) is 3.92. The molecule has 4 heteroatoms. The zero-order valence-corrected chi connectivity index (χ0v) is 12.8. The molecule has 0 aliphatic carbocycles. The van der Waals surface area contributed by atoms with Crippen LogP contribution in [0.1, 0.15) is 38.8 Å². The molecule has 0 aromatic carbocycles. The standard InChI is InChI=1S/C16H27N3O/c1-3-11-20-15-8-6-10-19(13-15)12-14-7-5-9-16(18-14)17-4-2/h5,7,9,15H,3-4,6,8,10-13H2,1-2H3,(H,17,18). The van der Waals surface area contributed by atoms with Gasteiger partial charge in [0.1, 0.15) is 5.82 Å². The Labute approximate surface area is 122 Å². The van der Waals surface area contributed by atoms with Gasteiger partial charge in [0.15, 0.2) is 0 Å². The second-order valence-electron chi connectivity index (χ2n) is 5.41. The minimum Gasteiger partial charge on any atom is -0.377 e. The highest BCUT2D eigenvalue weighted by Gasteiger charge is 2.20. The Morgan fingerprint density at radius 1 is 1.40 bits per heavy atom. The summed E-state index contributed by atoms with van der Waals surface area (Å²) in [5.74, 6) is 0.973. The minimum absolute atomic E-state index is 0.403. The van der Waals surface area contributed by atoms with Crippen LogP contribution in [0.3, 0.4) is 0 Å². The maximum Gasteiger partial charge on any atom is 0.126 e. The summed E-state index contributed by atoms with van der Waals surface area (Å²) in [6, 6.07) is 6.21. The van der Waals surface area contributed by atoms with Crippen LogP contribution < -0.4 is 5.32 Å². The van der Waals surface area contributed by atoms with Gasteiger partial charge in [-0.25, -0.2) is 4.98 Å². The van der Waals surface area contributed by atoms with Gasteiger partial charge in [-0.3, -0.25) is 4.90 Å². The van der Waals surface area contributed by atoms with Crippen molar-refractivity contribution in [3.63, 3.8) is 0 Å². The largest absolute Gasteiger partial charge is 0.377 e. The Morgan fingerprint density at radius 3 is 3.10 bits per heavy atom. The summed E-state index contributed by atoms with van der Waals surface area (Å²) in [5.41, 5.74) is 1.14. The molecule has 2 heterocycles. The summed E-state index contributed by atoms with van der Waals surface area (Å²) in [6.45, 7) is 9.16. The average Bonchev–Trinajstić information content (AvgIpc) is 2.46.